The van der Waals surface area contributed by atoms with E-state index >= 15 is 0 Å². The monoisotopic (exact) mass is 408 g/mol. The smallest absolute Gasteiger partial charge is 0.250 e. The summed E-state index contributed by atoms with van der Waals surface area (Å²) in [5.41, 5.74) is 5.99. The summed E-state index contributed by atoms with van der Waals surface area (Å²) in [6, 6.07) is 12.4. The molecule has 1 aliphatic heterocycles. The Kier molecular flexibility index (Phi) is 6.12. The van der Waals surface area contributed by atoms with Gasteiger partial charge in [0, 0.05) is 24.3 Å². The quantitative estimate of drug-likeness (QED) is 0.543. The van der Waals surface area contributed by atoms with Gasteiger partial charge < -0.3 is 10.1 Å². The van der Waals surface area contributed by atoms with Gasteiger partial charge in [-0.1, -0.05) is 18.2 Å². The number of hydrazine groups is 1. The summed E-state index contributed by atoms with van der Waals surface area (Å²) >= 11 is 0. The van der Waals surface area contributed by atoms with E-state index < -0.39 is 33.0 Å². The van der Waals surface area contributed by atoms with Crippen LogP contribution in [0, 0.1) is 11.7 Å². The van der Waals surface area contributed by atoms with Gasteiger partial charge in [0.05, 0.1) is 13.0 Å². The van der Waals surface area contributed by atoms with Crippen LogP contribution in [-0.4, -0.2) is 33.4 Å². The van der Waals surface area contributed by atoms with E-state index in [1.165, 1.54) is 13.2 Å². The van der Waals surface area contributed by atoms with Crippen LogP contribution in [-0.2, 0) is 21.4 Å². The molecule has 0 spiro atoms. The lowest BCUT2D eigenvalue weighted by molar-refractivity contribution is -0.124. The molecule has 0 saturated carbocycles. The van der Waals surface area contributed by atoms with Gasteiger partial charge in [-0.15, -0.1) is 0 Å². The molecule has 0 aromatic heterocycles. The van der Waals surface area contributed by atoms with Crippen molar-refractivity contribution in [3.05, 3.63) is 59.9 Å². The molecule has 2 atom stereocenters. The topological polar surface area (TPSA) is 109 Å². The fourth-order valence-corrected chi connectivity index (χ4v) is 4.33. The molecule has 4 N–H and O–H groups in total. The number of anilines is 1. The summed E-state index contributed by atoms with van der Waals surface area (Å²) < 4.78 is 46.6. The highest BCUT2D eigenvalue weighted by Gasteiger charge is 2.41. The Labute approximate surface area is 162 Å². The number of hydrogen-bond donors (Lipinski definition) is 4. The molecule has 2 aromatic rings. The molecule has 2 unspecified atom stereocenters. The average molecular weight is 408 g/mol. The van der Waals surface area contributed by atoms with Crippen molar-refractivity contribution in [2.24, 2.45) is 5.92 Å². The van der Waals surface area contributed by atoms with Crippen molar-refractivity contribution >= 4 is 21.6 Å². The van der Waals surface area contributed by atoms with Crippen molar-refractivity contribution < 1.29 is 22.3 Å². The molecule has 0 radical (unpaired) electrons. The van der Waals surface area contributed by atoms with Crippen LogP contribution in [0.3, 0.4) is 0 Å². The summed E-state index contributed by atoms with van der Waals surface area (Å²) in [5, 5.41) is 1.41. The number of halogens is 1. The van der Waals surface area contributed by atoms with E-state index in [0.29, 0.717) is 17.0 Å². The Morgan fingerprint density at radius 1 is 1.21 bits per heavy atom. The third kappa shape index (κ3) is 4.58. The van der Waals surface area contributed by atoms with Crippen LogP contribution in [0.25, 0.3) is 0 Å². The van der Waals surface area contributed by atoms with Gasteiger partial charge in [0.1, 0.15) is 11.6 Å². The molecule has 150 valence electrons. The van der Waals surface area contributed by atoms with Crippen LogP contribution >= 0.6 is 0 Å². The van der Waals surface area contributed by atoms with E-state index in [2.05, 4.69) is 20.9 Å². The molecule has 2 aromatic carbocycles. The minimum absolute atomic E-state index is 0.0271. The van der Waals surface area contributed by atoms with Gasteiger partial charge in [-0.05, 0) is 30.3 Å². The predicted octanol–water partition coefficient (Wildman–Crippen LogP) is 0.943. The summed E-state index contributed by atoms with van der Waals surface area (Å²) in [6.07, 6.45) is 0. The SMILES string of the molecule is COc1ccc(NS(=O)(=O)C2NNCC2C(=O)NCc2ccccc2F)cc1. The Morgan fingerprint density at radius 2 is 1.93 bits per heavy atom. The molecular weight excluding hydrogens is 387 g/mol. The van der Waals surface area contributed by atoms with Crippen LogP contribution in [0.4, 0.5) is 10.1 Å². The van der Waals surface area contributed by atoms with Crippen molar-refractivity contribution in [1.29, 1.82) is 0 Å². The normalized spacial score (nSPS) is 19.2. The maximum atomic E-state index is 13.7. The lowest BCUT2D eigenvalue weighted by Gasteiger charge is -2.19. The van der Waals surface area contributed by atoms with Gasteiger partial charge >= 0.3 is 0 Å². The highest BCUT2D eigenvalue weighted by Crippen LogP contribution is 2.21. The van der Waals surface area contributed by atoms with E-state index in [1.54, 1.807) is 42.5 Å². The number of hydrogen-bond acceptors (Lipinski definition) is 6. The van der Waals surface area contributed by atoms with Gasteiger partial charge in [-0.2, -0.15) is 0 Å². The van der Waals surface area contributed by atoms with E-state index in [-0.39, 0.29) is 13.1 Å². The van der Waals surface area contributed by atoms with Gasteiger partial charge in [0.25, 0.3) is 10.0 Å². The van der Waals surface area contributed by atoms with Gasteiger partial charge in [-0.25, -0.2) is 18.2 Å². The zero-order valence-electron chi connectivity index (χ0n) is 15.1. The van der Waals surface area contributed by atoms with Crippen molar-refractivity contribution in [2.75, 3.05) is 18.4 Å². The van der Waals surface area contributed by atoms with Crippen molar-refractivity contribution in [2.45, 2.75) is 11.9 Å². The number of benzene rings is 2. The van der Waals surface area contributed by atoms with Crippen LogP contribution in [0.5, 0.6) is 5.75 Å². The summed E-state index contributed by atoms with van der Waals surface area (Å²) in [5.74, 6) is -1.22. The largest absolute Gasteiger partial charge is 0.497 e. The molecule has 1 fully saturated rings. The number of carbonyl (C=O) groups is 1. The van der Waals surface area contributed by atoms with Crippen molar-refractivity contribution in [3.63, 3.8) is 0 Å². The van der Waals surface area contributed by atoms with Crippen LogP contribution in [0.15, 0.2) is 48.5 Å². The number of amides is 1. The first-order chi connectivity index (χ1) is 13.4. The maximum absolute atomic E-state index is 13.7. The fourth-order valence-electron chi connectivity index (χ4n) is 2.84. The maximum Gasteiger partial charge on any atom is 0.250 e. The molecule has 0 bridgehead atoms. The molecular formula is C18H21FN4O4S. The molecule has 1 saturated heterocycles. The van der Waals surface area contributed by atoms with Crippen LogP contribution in [0.2, 0.25) is 0 Å². The zero-order valence-corrected chi connectivity index (χ0v) is 15.9. The van der Waals surface area contributed by atoms with Crippen molar-refractivity contribution in [3.8, 4) is 5.75 Å². The number of rotatable bonds is 7. The summed E-state index contributed by atoms with van der Waals surface area (Å²) in [4.78, 5) is 12.5. The van der Waals surface area contributed by atoms with Crippen LogP contribution in [0.1, 0.15) is 5.56 Å². The number of methoxy groups -OCH3 is 1. The second-order valence-electron chi connectivity index (χ2n) is 6.24. The van der Waals surface area contributed by atoms with Gasteiger partial charge in [0.2, 0.25) is 5.91 Å². The molecule has 1 amide bonds. The fraction of sp³-hybridized carbons (Fsp3) is 0.278. The molecule has 3 rings (SSSR count). The molecule has 8 nitrogen and oxygen atoms in total. The third-order valence-electron chi connectivity index (χ3n) is 4.36. The lowest BCUT2D eigenvalue weighted by atomic mass is 10.1. The van der Waals surface area contributed by atoms with Gasteiger partial charge in [-0.3, -0.25) is 14.9 Å². The Balaban J connectivity index is 1.66. The first-order valence-corrected chi connectivity index (χ1v) is 10.1. The van der Waals surface area contributed by atoms with E-state index in [9.17, 15) is 17.6 Å². The zero-order chi connectivity index (χ0) is 20.1. The van der Waals surface area contributed by atoms with Gasteiger partial charge in [0.15, 0.2) is 5.37 Å². The number of sulfonamides is 1. The Bertz CT molecular complexity index is 937. The predicted molar refractivity (Wildman–Crippen MR) is 102 cm³/mol. The number of ether oxygens (including phenoxy) is 1. The van der Waals surface area contributed by atoms with Crippen molar-refractivity contribution in [1.82, 2.24) is 16.2 Å². The standard InChI is InChI=1S/C18H21FN4O4S/c1-27-14-8-6-13(7-9-14)23-28(25,26)18-15(11-21-22-18)17(24)20-10-12-4-2-3-5-16(12)19/h2-9,15,18,21-23H,10-11H2,1H3,(H,20,24). The number of carbonyl (C=O) groups excluding carboxylic acids is 1. The minimum Gasteiger partial charge on any atom is -0.497 e. The average Bonchev–Trinajstić information content (AvgIpc) is 3.18. The highest BCUT2D eigenvalue weighted by molar-refractivity contribution is 7.93. The molecule has 1 aliphatic rings. The molecule has 10 heteroatoms. The van der Waals surface area contributed by atoms with E-state index in [4.69, 9.17) is 4.74 Å². The first kappa shape index (κ1) is 20.1. The van der Waals surface area contributed by atoms with E-state index in [0.717, 1.165) is 0 Å². The number of nitrogens with one attached hydrogen (secondary N) is 4. The van der Waals surface area contributed by atoms with Crippen LogP contribution < -0.4 is 25.6 Å². The summed E-state index contributed by atoms with van der Waals surface area (Å²) in [6.45, 7) is 0.0952. The van der Waals surface area contributed by atoms with E-state index in [1.807, 2.05) is 0 Å². The Hall–Kier alpha value is -2.69. The Morgan fingerprint density at radius 3 is 2.61 bits per heavy atom. The lowest BCUT2D eigenvalue weighted by Crippen LogP contribution is -2.46. The summed E-state index contributed by atoms with van der Waals surface area (Å²) in [7, 11) is -2.41. The highest BCUT2D eigenvalue weighted by atomic mass is 32.2. The minimum atomic E-state index is -3.92. The molecule has 0 aliphatic carbocycles. The molecule has 1 heterocycles. The first-order valence-electron chi connectivity index (χ1n) is 8.56. The third-order valence-corrected chi connectivity index (χ3v) is 6.00. The second-order valence-corrected chi connectivity index (χ2v) is 8.04. The second kappa shape index (κ2) is 8.55. The molecule has 28 heavy (non-hydrogen) atoms.